The molecule has 3 aromatic carbocycles. The zero-order valence-electron chi connectivity index (χ0n) is 21.6. The molecule has 0 spiro atoms. The minimum Gasteiger partial charge on any atom is -0.494 e. The molecule has 192 valence electrons. The number of hydrogen-bond acceptors (Lipinski definition) is 7. The number of ether oxygens (including phenoxy) is 4. The number of carbonyl (C=O) groups excluding carboxylic acids is 1. The van der Waals surface area contributed by atoms with Gasteiger partial charge >= 0.3 is 0 Å². The Labute approximate surface area is 217 Å². The molecule has 7 nitrogen and oxygen atoms in total. The highest BCUT2D eigenvalue weighted by Crippen LogP contribution is 2.48. The summed E-state index contributed by atoms with van der Waals surface area (Å²) in [5, 5.41) is 7.22. The lowest BCUT2D eigenvalue weighted by molar-refractivity contribution is -0.116. The molecule has 7 heteroatoms. The molecule has 0 fully saturated rings. The molecule has 5 rings (SSSR count). The van der Waals surface area contributed by atoms with Gasteiger partial charge in [-0.15, -0.1) is 0 Å². The van der Waals surface area contributed by atoms with Crippen LogP contribution in [-0.2, 0) is 4.79 Å². The number of anilines is 2. The number of allylic oxidation sites excluding steroid dienone is 1. The molecule has 37 heavy (non-hydrogen) atoms. The van der Waals surface area contributed by atoms with E-state index < -0.39 is 0 Å². The van der Waals surface area contributed by atoms with Gasteiger partial charge in [-0.05, 0) is 55.2 Å². The van der Waals surface area contributed by atoms with Crippen LogP contribution in [0.4, 0.5) is 11.4 Å². The summed E-state index contributed by atoms with van der Waals surface area (Å²) in [6.45, 7) is 2.51. The number of methoxy groups -OCH3 is 3. The molecule has 0 saturated heterocycles. The smallest absolute Gasteiger partial charge is 0.203 e. The number of para-hydroxylation sites is 3. The first-order valence-electron chi connectivity index (χ1n) is 12.5. The molecule has 2 aliphatic rings. The predicted octanol–water partition coefficient (Wildman–Crippen LogP) is 6.09. The Bertz CT molecular complexity index is 1320. The molecular formula is C30H32N2O5. The van der Waals surface area contributed by atoms with Crippen molar-refractivity contribution in [3.63, 3.8) is 0 Å². The van der Waals surface area contributed by atoms with Gasteiger partial charge in [0.15, 0.2) is 17.3 Å². The van der Waals surface area contributed by atoms with Crippen molar-refractivity contribution in [3.8, 4) is 23.0 Å². The SMILES string of the molecule is CCOc1ccccc1[C@@H]1Nc2ccccc2NC2=C1C(=O)C[C@@H](c1cc(OC)c(OC)c(OC)c1)C2. The van der Waals surface area contributed by atoms with Crippen LogP contribution in [0.15, 0.2) is 71.9 Å². The topological polar surface area (TPSA) is 78.1 Å². The molecule has 1 heterocycles. The fraction of sp³-hybridized carbons (Fsp3) is 0.300. The van der Waals surface area contributed by atoms with E-state index in [0.29, 0.717) is 36.7 Å². The van der Waals surface area contributed by atoms with Gasteiger partial charge in [0.2, 0.25) is 5.75 Å². The number of ketones is 1. The summed E-state index contributed by atoms with van der Waals surface area (Å²) in [7, 11) is 4.79. The minimum atomic E-state index is -0.345. The molecule has 2 N–H and O–H groups in total. The van der Waals surface area contributed by atoms with Gasteiger partial charge in [0.05, 0.1) is 45.4 Å². The molecule has 0 amide bonds. The number of carbonyl (C=O) groups is 1. The average molecular weight is 501 g/mol. The van der Waals surface area contributed by atoms with Gasteiger partial charge in [-0.3, -0.25) is 4.79 Å². The monoisotopic (exact) mass is 500 g/mol. The lowest BCUT2D eigenvalue weighted by Gasteiger charge is -2.31. The molecular weight excluding hydrogens is 468 g/mol. The highest BCUT2D eigenvalue weighted by atomic mass is 16.5. The fourth-order valence-corrected chi connectivity index (χ4v) is 5.30. The fourth-order valence-electron chi connectivity index (χ4n) is 5.30. The second kappa shape index (κ2) is 10.5. The minimum absolute atomic E-state index is 0.0551. The average Bonchev–Trinajstić information content (AvgIpc) is 3.09. The van der Waals surface area contributed by atoms with Crippen molar-refractivity contribution in [3.05, 3.63) is 83.1 Å². The number of rotatable bonds is 7. The zero-order chi connectivity index (χ0) is 25.9. The van der Waals surface area contributed by atoms with Crippen LogP contribution in [0.3, 0.4) is 0 Å². The summed E-state index contributed by atoms with van der Waals surface area (Å²) in [6, 6.07) is 19.5. The van der Waals surface area contributed by atoms with Crippen molar-refractivity contribution >= 4 is 17.2 Å². The van der Waals surface area contributed by atoms with Gasteiger partial charge in [0.1, 0.15) is 5.75 Å². The predicted molar refractivity (Wildman–Crippen MR) is 144 cm³/mol. The van der Waals surface area contributed by atoms with E-state index in [1.54, 1.807) is 21.3 Å². The van der Waals surface area contributed by atoms with Gasteiger partial charge in [-0.2, -0.15) is 0 Å². The van der Waals surface area contributed by atoms with Crippen LogP contribution >= 0.6 is 0 Å². The molecule has 1 aliphatic carbocycles. The van der Waals surface area contributed by atoms with Crippen LogP contribution < -0.4 is 29.6 Å². The van der Waals surface area contributed by atoms with Crippen LogP contribution in [0.1, 0.15) is 42.9 Å². The zero-order valence-corrected chi connectivity index (χ0v) is 21.6. The number of fused-ring (bicyclic) bond motifs is 1. The molecule has 0 unspecified atom stereocenters. The summed E-state index contributed by atoms with van der Waals surface area (Å²) >= 11 is 0. The second-order valence-corrected chi connectivity index (χ2v) is 9.10. The molecule has 2 atom stereocenters. The highest BCUT2D eigenvalue weighted by Gasteiger charge is 2.37. The standard InChI is InChI=1S/C30H32N2O5/c1-5-37-25-13-9-6-10-20(25)29-28-23(31-21-11-7-8-12-22(21)32-29)14-18(15-24(28)33)19-16-26(34-2)30(36-4)27(17-19)35-3/h6-13,16-18,29,31-32H,5,14-15H2,1-4H3/t18-,29-/m0/s1. The van der Waals surface area contributed by atoms with Gasteiger partial charge in [0.25, 0.3) is 0 Å². The van der Waals surface area contributed by atoms with E-state index in [-0.39, 0.29) is 17.7 Å². The van der Waals surface area contributed by atoms with E-state index in [1.807, 2.05) is 67.6 Å². The van der Waals surface area contributed by atoms with Crippen molar-refractivity contribution in [2.24, 2.45) is 0 Å². The molecule has 0 saturated carbocycles. The summed E-state index contributed by atoms with van der Waals surface area (Å²) < 4.78 is 22.6. The maximum Gasteiger partial charge on any atom is 0.203 e. The summed E-state index contributed by atoms with van der Waals surface area (Å²) in [6.07, 6.45) is 1.02. The first kappa shape index (κ1) is 24.6. The van der Waals surface area contributed by atoms with Crippen LogP contribution in [0.5, 0.6) is 23.0 Å². The van der Waals surface area contributed by atoms with Crippen molar-refractivity contribution in [2.45, 2.75) is 31.7 Å². The molecule has 0 radical (unpaired) electrons. The summed E-state index contributed by atoms with van der Waals surface area (Å²) in [4.78, 5) is 13.9. The Hall–Kier alpha value is -4.13. The van der Waals surface area contributed by atoms with E-state index in [0.717, 1.165) is 39.5 Å². The normalized spacial score (nSPS) is 18.5. The maximum absolute atomic E-state index is 13.9. The van der Waals surface area contributed by atoms with Gasteiger partial charge in [0, 0.05) is 23.3 Å². The lowest BCUT2D eigenvalue weighted by atomic mass is 9.78. The van der Waals surface area contributed by atoms with E-state index in [9.17, 15) is 4.79 Å². The third-order valence-corrected chi connectivity index (χ3v) is 7.00. The first-order valence-corrected chi connectivity index (χ1v) is 12.5. The van der Waals surface area contributed by atoms with Gasteiger partial charge in [-0.1, -0.05) is 30.3 Å². The Kier molecular flexibility index (Phi) is 6.95. The van der Waals surface area contributed by atoms with Crippen LogP contribution in [0, 0.1) is 0 Å². The molecule has 1 aliphatic heterocycles. The molecule has 3 aromatic rings. The van der Waals surface area contributed by atoms with Gasteiger partial charge in [-0.25, -0.2) is 0 Å². The number of hydrogen-bond donors (Lipinski definition) is 2. The van der Waals surface area contributed by atoms with Crippen molar-refractivity contribution < 1.29 is 23.7 Å². The Morgan fingerprint density at radius 3 is 2.19 bits per heavy atom. The number of benzene rings is 3. The largest absolute Gasteiger partial charge is 0.494 e. The first-order chi connectivity index (χ1) is 18.1. The van der Waals surface area contributed by atoms with Crippen molar-refractivity contribution in [1.29, 1.82) is 0 Å². The summed E-state index contributed by atoms with van der Waals surface area (Å²) in [5.74, 6) is 2.49. The third-order valence-electron chi connectivity index (χ3n) is 7.00. The number of nitrogens with one attached hydrogen (secondary N) is 2. The van der Waals surface area contributed by atoms with Crippen LogP contribution in [0.25, 0.3) is 0 Å². The maximum atomic E-state index is 13.9. The van der Waals surface area contributed by atoms with Crippen LogP contribution in [0.2, 0.25) is 0 Å². The van der Waals surface area contributed by atoms with E-state index >= 15 is 0 Å². The second-order valence-electron chi connectivity index (χ2n) is 9.10. The van der Waals surface area contributed by atoms with E-state index in [4.69, 9.17) is 18.9 Å². The molecule has 0 aromatic heterocycles. The Morgan fingerprint density at radius 2 is 1.51 bits per heavy atom. The van der Waals surface area contributed by atoms with Crippen molar-refractivity contribution in [1.82, 2.24) is 0 Å². The third kappa shape index (κ3) is 4.57. The summed E-state index contributed by atoms with van der Waals surface area (Å²) in [5.41, 5.74) is 5.42. The van der Waals surface area contributed by atoms with Gasteiger partial charge < -0.3 is 29.6 Å². The molecule has 0 bridgehead atoms. The van der Waals surface area contributed by atoms with Crippen molar-refractivity contribution in [2.75, 3.05) is 38.6 Å². The van der Waals surface area contributed by atoms with Crippen LogP contribution in [-0.4, -0.2) is 33.7 Å². The van der Waals surface area contributed by atoms with E-state index in [2.05, 4.69) is 10.6 Å². The highest BCUT2D eigenvalue weighted by molar-refractivity contribution is 6.01. The Morgan fingerprint density at radius 1 is 0.838 bits per heavy atom. The Balaban J connectivity index is 1.61. The quantitative estimate of drug-likeness (QED) is 0.406. The van der Waals surface area contributed by atoms with E-state index in [1.165, 1.54) is 0 Å². The number of Topliss-reactive ketones (excluding diaryl/α,β-unsaturated/α-hetero) is 1. The lowest BCUT2D eigenvalue weighted by Crippen LogP contribution is -2.27.